The normalized spacial score (nSPS) is 20.2. The molecule has 418 valence electrons. The molecule has 7 rings (SSSR count). The van der Waals surface area contributed by atoms with Gasteiger partial charge in [0.1, 0.15) is 24.2 Å². The number of nitrogens with one attached hydrogen (secondary N) is 6. The minimum atomic E-state index is -0.966. The summed E-state index contributed by atoms with van der Waals surface area (Å²) in [5.74, 6) is -2.40. The van der Waals surface area contributed by atoms with Crippen LogP contribution in [0.25, 0.3) is 0 Å². The van der Waals surface area contributed by atoms with Crippen LogP contribution in [0.3, 0.4) is 0 Å². The van der Waals surface area contributed by atoms with Gasteiger partial charge in [-0.1, -0.05) is 126 Å². The van der Waals surface area contributed by atoms with Gasteiger partial charge in [0.15, 0.2) is 0 Å². The molecule has 0 radical (unpaired) electrons. The number of benzene rings is 4. The van der Waals surface area contributed by atoms with E-state index < -0.39 is 71.0 Å². The summed E-state index contributed by atoms with van der Waals surface area (Å²) in [4.78, 5) is 106. The number of carbonyl (C=O) groups excluding carboxylic acids is 7. The highest BCUT2D eigenvalue weighted by molar-refractivity contribution is 5.97. The molecule has 2 heterocycles. The fraction of sp³-hybridized carbons (Fsp3) is 0.500. The quantitative estimate of drug-likeness (QED) is 0.0712. The average molecular weight is 1070 g/mol. The first kappa shape index (κ1) is 58.8. The number of fused-ring (bicyclic) bond motifs is 2. The SMILES string of the molecule is CN[C@@H](C)C(=O)N[C@H](C(=O)N1C[C@@H](NC(=O)c2ccc(CN(C(=O)C3Cc4ccccc4CN3C(=O)[C@@H](NC(=O)[C@H](C)NC)C(C)(C)C)C(C)c3ccccc3C)cc2)CC1C(=O)NC1CCCc2ccccc21)C(C)(C)C. The molecular weight excluding hydrogens is 983 g/mol. The van der Waals surface area contributed by atoms with Crippen molar-refractivity contribution in [1.29, 1.82) is 0 Å². The topological polar surface area (TPSA) is 201 Å². The van der Waals surface area contributed by atoms with Crippen molar-refractivity contribution < 1.29 is 33.6 Å². The maximum atomic E-state index is 15.6. The zero-order valence-corrected chi connectivity index (χ0v) is 47.8. The van der Waals surface area contributed by atoms with Crippen LogP contribution in [0.1, 0.15) is 143 Å². The molecule has 7 amide bonds. The molecule has 16 nitrogen and oxygen atoms in total. The number of carbonyl (C=O) groups is 7. The van der Waals surface area contributed by atoms with Gasteiger partial charge in [-0.3, -0.25) is 33.6 Å². The van der Waals surface area contributed by atoms with Crippen molar-refractivity contribution in [2.24, 2.45) is 10.8 Å². The van der Waals surface area contributed by atoms with Crippen molar-refractivity contribution in [2.75, 3.05) is 20.6 Å². The molecule has 0 bridgehead atoms. The van der Waals surface area contributed by atoms with E-state index in [0.29, 0.717) is 5.56 Å². The van der Waals surface area contributed by atoms with Crippen molar-refractivity contribution in [2.45, 2.75) is 169 Å². The standard InChI is InChI=1S/C62H83N9O7/c1-37-20-13-17-25-47(37)40(4)69(58(76)51-32-44-22-14-15-23-45(44)35-70(51)59(77)52(61(5,6)7)67-54(72)38(2)63-11)34-41-28-30-43(31-29-41)56(74)65-46-33-50(57(75)66-49-27-19-24-42-21-16-18-26-48(42)49)71(36-46)60(78)53(62(8,9)10)68-55(73)39(3)64-12/h13-18,20-23,25-26,28-31,38-40,46,49-53,63-64H,19,24,27,32-36H2,1-12H3,(H,65,74)(H,66,75)(H,67,72)(H,68,73)/t38-,39-,40?,46-,49?,50?,51?,52+,53+/m0/s1. The van der Waals surface area contributed by atoms with Crippen molar-refractivity contribution in [1.82, 2.24) is 46.6 Å². The molecule has 4 unspecified atom stereocenters. The van der Waals surface area contributed by atoms with Gasteiger partial charge < -0.3 is 46.6 Å². The lowest BCUT2D eigenvalue weighted by Crippen LogP contribution is -2.62. The smallest absolute Gasteiger partial charge is 0.251 e. The van der Waals surface area contributed by atoms with Crippen LogP contribution in [-0.2, 0) is 54.7 Å². The molecule has 0 aromatic heterocycles. The summed E-state index contributed by atoms with van der Waals surface area (Å²) in [6.07, 6.45) is 3.01. The number of aryl methyl sites for hydroxylation is 2. The van der Waals surface area contributed by atoms with E-state index in [1.807, 2.05) is 134 Å². The van der Waals surface area contributed by atoms with Crippen LogP contribution in [0.15, 0.2) is 97.1 Å². The van der Waals surface area contributed by atoms with Crippen LogP contribution < -0.4 is 31.9 Å². The Kier molecular flexibility index (Phi) is 18.7. The maximum Gasteiger partial charge on any atom is 0.251 e. The highest BCUT2D eigenvalue weighted by atomic mass is 16.2. The van der Waals surface area contributed by atoms with Gasteiger partial charge in [-0.05, 0) is 129 Å². The number of likely N-dealkylation sites (tertiary alicyclic amines) is 1. The van der Waals surface area contributed by atoms with E-state index in [-0.39, 0.29) is 68.1 Å². The molecule has 6 N–H and O–H groups in total. The fourth-order valence-electron chi connectivity index (χ4n) is 11.1. The van der Waals surface area contributed by atoms with Gasteiger partial charge in [-0.25, -0.2) is 0 Å². The van der Waals surface area contributed by atoms with Crippen molar-refractivity contribution in [3.63, 3.8) is 0 Å². The molecule has 4 aromatic rings. The summed E-state index contributed by atoms with van der Waals surface area (Å²) >= 11 is 0. The van der Waals surface area contributed by atoms with Gasteiger partial charge in [0.25, 0.3) is 5.91 Å². The van der Waals surface area contributed by atoms with E-state index in [1.54, 1.807) is 49.9 Å². The van der Waals surface area contributed by atoms with Crippen molar-refractivity contribution in [3.8, 4) is 0 Å². The molecule has 1 aliphatic carbocycles. The summed E-state index contributed by atoms with van der Waals surface area (Å²) in [7, 11) is 3.36. The highest BCUT2D eigenvalue weighted by Crippen LogP contribution is 2.35. The molecule has 1 fully saturated rings. The summed E-state index contributed by atoms with van der Waals surface area (Å²) in [5, 5.41) is 18.2. The Hall–Kier alpha value is -6.91. The number of hydrogen-bond donors (Lipinski definition) is 6. The number of nitrogens with zero attached hydrogens (tertiary/aromatic N) is 3. The van der Waals surface area contributed by atoms with Crippen LogP contribution in [0.4, 0.5) is 0 Å². The van der Waals surface area contributed by atoms with Gasteiger partial charge in [-0.2, -0.15) is 0 Å². The van der Waals surface area contributed by atoms with Crippen molar-refractivity contribution in [3.05, 3.63) is 142 Å². The van der Waals surface area contributed by atoms with Crippen LogP contribution in [0.2, 0.25) is 0 Å². The number of amides is 7. The molecule has 0 saturated carbocycles. The Morgan fingerprint density at radius 1 is 0.654 bits per heavy atom. The first-order chi connectivity index (χ1) is 36.9. The molecule has 0 spiro atoms. The Morgan fingerprint density at radius 2 is 1.21 bits per heavy atom. The zero-order valence-electron chi connectivity index (χ0n) is 47.8. The summed E-state index contributed by atoms with van der Waals surface area (Å²) < 4.78 is 0. The molecule has 16 heteroatoms. The molecule has 1 saturated heterocycles. The van der Waals surface area contributed by atoms with E-state index in [9.17, 15) is 24.0 Å². The lowest BCUT2D eigenvalue weighted by Gasteiger charge is -2.43. The van der Waals surface area contributed by atoms with E-state index in [1.165, 1.54) is 10.5 Å². The van der Waals surface area contributed by atoms with Gasteiger partial charge in [0, 0.05) is 37.7 Å². The number of likely N-dealkylation sites (N-methyl/N-ethyl adjacent to an activating group) is 2. The first-order valence-electron chi connectivity index (χ1n) is 27.7. The van der Waals surface area contributed by atoms with Gasteiger partial charge in [0.2, 0.25) is 35.4 Å². The van der Waals surface area contributed by atoms with E-state index in [4.69, 9.17) is 0 Å². The maximum absolute atomic E-state index is 15.6. The second kappa shape index (κ2) is 24.8. The highest BCUT2D eigenvalue weighted by Gasteiger charge is 2.47. The summed E-state index contributed by atoms with van der Waals surface area (Å²) in [5.41, 5.74) is 5.76. The average Bonchev–Trinajstić information content (AvgIpc) is 3.98. The predicted molar refractivity (Wildman–Crippen MR) is 303 cm³/mol. The van der Waals surface area contributed by atoms with Gasteiger partial charge >= 0.3 is 0 Å². The van der Waals surface area contributed by atoms with E-state index in [2.05, 4.69) is 38.0 Å². The molecular formula is C62H83N9O7. The van der Waals surface area contributed by atoms with Crippen LogP contribution >= 0.6 is 0 Å². The van der Waals surface area contributed by atoms with Gasteiger partial charge in [0.05, 0.1) is 24.2 Å². The van der Waals surface area contributed by atoms with Crippen molar-refractivity contribution >= 4 is 41.4 Å². The molecule has 4 aromatic carbocycles. The predicted octanol–water partition coefficient (Wildman–Crippen LogP) is 6.21. The monoisotopic (exact) mass is 1070 g/mol. The second-order valence-corrected chi connectivity index (χ2v) is 23.9. The van der Waals surface area contributed by atoms with E-state index >= 15 is 9.59 Å². The fourth-order valence-corrected chi connectivity index (χ4v) is 11.1. The Labute approximate surface area is 461 Å². The molecule has 78 heavy (non-hydrogen) atoms. The minimum Gasteiger partial charge on any atom is -0.347 e. The Morgan fingerprint density at radius 3 is 1.79 bits per heavy atom. The molecule has 2 aliphatic heterocycles. The van der Waals surface area contributed by atoms with Crippen LogP contribution in [0, 0.1) is 17.8 Å². The zero-order chi connectivity index (χ0) is 56.8. The number of rotatable bonds is 17. The molecule has 3 aliphatic rings. The van der Waals surface area contributed by atoms with Gasteiger partial charge in [-0.15, -0.1) is 0 Å². The lowest BCUT2D eigenvalue weighted by atomic mass is 9.84. The Bertz CT molecular complexity index is 2840. The van der Waals surface area contributed by atoms with Crippen LogP contribution in [-0.4, -0.2) is 119 Å². The van der Waals surface area contributed by atoms with E-state index in [0.717, 1.165) is 52.6 Å². The largest absolute Gasteiger partial charge is 0.347 e. The minimum absolute atomic E-state index is 0.0446. The third kappa shape index (κ3) is 13.5. The summed E-state index contributed by atoms with van der Waals surface area (Å²) in [6, 6.07) is 24.7. The third-order valence-corrected chi connectivity index (χ3v) is 16.1. The third-order valence-electron chi connectivity index (χ3n) is 16.1. The summed E-state index contributed by atoms with van der Waals surface area (Å²) in [6.45, 7) is 19.1. The number of hydrogen-bond acceptors (Lipinski definition) is 9. The lowest BCUT2D eigenvalue weighted by molar-refractivity contribution is -0.152. The van der Waals surface area contributed by atoms with Crippen LogP contribution in [0.5, 0.6) is 0 Å². The first-order valence-corrected chi connectivity index (χ1v) is 27.7. The Balaban J connectivity index is 1.15. The second-order valence-electron chi connectivity index (χ2n) is 23.9. The molecule has 9 atom stereocenters.